The number of anilines is 1. The maximum Gasteiger partial charge on any atom is 0.259 e. The fraction of sp³-hybridized carbons (Fsp3) is 0.350. The Hall–Kier alpha value is -1.43. The molecule has 25 heavy (non-hydrogen) atoms. The van der Waals surface area contributed by atoms with E-state index in [2.05, 4.69) is 33.0 Å². The van der Waals surface area contributed by atoms with Gasteiger partial charge < -0.3 is 9.80 Å². The van der Waals surface area contributed by atoms with Crippen LogP contribution in [0.2, 0.25) is 0 Å². The molecule has 0 unspecified atom stereocenters. The average Bonchev–Trinajstić information content (AvgIpc) is 3.16. The molecule has 1 aromatic carbocycles. The second-order valence-electron chi connectivity index (χ2n) is 6.58. The van der Waals surface area contributed by atoms with E-state index in [1.165, 1.54) is 19.3 Å². The first-order valence-corrected chi connectivity index (χ1v) is 10.4. The Morgan fingerprint density at radius 3 is 2.60 bits per heavy atom. The van der Waals surface area contributed by atoms with Crippen LogP contribution in [0.4, 0.5) is 5.69 Å². The van der Waals surface area contributed by atoms with Gasteiger partial charge in [0.25, 0.3) is 5.91 Å². The fourth-order valence-corrected chi connectivity index (χ4v) is 5.01. The predicted octanol–water partition coefficient (Wildman–Crippen LogP) is 4.88. The maximum atomic E-state index is 13.1. The van der Waals surface area contributed by atoms with Crippen LogP contribution >= 0.6 is 27.3 Å². The molecule has 1 aromatic heterocycles. The second-order valence-corrected chi connectivity index (χ2v) is 9.07. The van der Waals surface area contributed by atoms with Crippen LogP contribution in [-0.2, 0) is 4.79 Å². The number of hydrogen-bond donors (Lipinski definition) is 0. The van der Waals surface area contributed by atoms with Gasteiger partial charge in [0, 0.05) is 23.5 Å². The van der Waals surface area contributed by atoms with E-state index in [0.717, 1.165) is 51.7 Å². The van der Waals surface area contributed by atoms with E-state index in [0.29, 0.717) is 0 Å². The van der Waals surface area contributed by atoms with Crippen LogP contribution in [0.3, 0.4) is 0 Å². The lowest BCUT2D eigenvalue weighted by molar-refractivity contribution is -0.113. The largest absolute Gasteiger partial charge is 0.306 e. The number of nitrogens with zero attached hydrogens (tertiary/aromatic N) is 2. The normalized spacial score (nSPS) is 19.6. The quantitative estimate of drug-likeness (QED) is 0.662. The van der Waals surface area contributed by atoms with Crippen molar-refractivity contribution in [1.29, 1.82) is 0 Å². The number of amides is 1. The van der Waals surface area contributed by atoms with E-state index in [-0.39, 0.29) is 5.91 Å². The van der Waals surface area contributed by atoms with Crippen molar-refractivity contribution < 1.29 is 4.79 Å². The van der Waals surface area contributed by atoms with Gasteiger partial charge in [-0.05, 0) is 66.1 Å². The van der Waals surface area contributed by atoms with Crippen LogP contribution in [-0.4, -0.2) is 37.0 Å². The summed E-state index contributed by atoms with van der Waals surface area (Å²) in [5.74, 6) is 0.128. The van der Waals surface area contributed by atoms with Crippen LogP contribution in [0.25, 0.3) is 11.6 Å². The number of para-hydroxylation sites is 1. The first kappa shape index (κ1) is 17.0. The lowest BCUT2D eigenvalue weighted by Gasteiger charge is -2.28. The number of fused-ring (bicyclic) bond motifs is 1. The van der Waals surface area contributed by atoms with E-state index in [4.69, 9.17) is 0 Å². The Morgan fingerprint density at radius 2 is 1.84 bits per heavy atom. The summed E-state index contributed by atoms with van der Waals surface area (Å²) in [4.78, 5) is 18.6. The Bertz CT molecular complexity index is 808. The average molecular weight is 417 g/mol. The molecule has 2 aromatic rings. The molecule has 2 aliphatic rings. The van der Waals surface area contributed by atoms with E-state index >= 15 is 0 Å². The van der Waals surface area contributed by atoms with Gasteiger partial charge >= 0.3 is 0 Å². The molecule has 2 aliphatic heterocycles. The molecule has 4 rings (SSSR count). The van der Waals surface area contributed by atoms with Crippen molar-refractivity contribution in [2.45, 2.75) is 19.3 Å². The first-order chi connectivity index (χ1) is 12.2. The minimum Gasteiger partial charge on any atom is -0.306 e. The molecule has 3 nitrogen and oxygen atoms in total. The minimum absolute atomic E-state index is 0.128. The second kappa shape index (κ2) is 7.44. The number of benzene rings is 1. The summed E-state index contributed by atoms with van der Waals surface area (Å²) in [6.07, 6.45) is 5.93. The van der Waals surface area contributed by atoms with Crippen LogP contribution < -0.4 is 4.90 Å². The predicted molar refractivity (Wildman–Crippen MR) is 109 cm³/mol. The molecule has 3 heterocycles. The summed E-state index contributed by atoms with van der Waals surface area (Å²) >= 11 is 5.15. The van der Waals surface area contributed by atoms with E-state index in [1.54, 1.807) is 11.3 Å². The van der Waals surface area contributed by atoms with Crippen LogP contribution in [0.5, 0.6) is 0 Å². The molecular weight excluding hydrogens is 396 g/mol. The summed E-state index contributed by atoms with van der Waals surface area (Å²) < 4.78 is 1.08. The number of thiophene rings is 1. The van der Waals surface area contributed by atoms with Gasteiger partial charge in [0.15, 0.2) is 0 Å². The fourth-order valence-electron chi connectivity index (χ4n) is 3.64. The summed E-state index contributed by atoms with van der Waals surface area (Å²) in [6, 6.07) is 12.2. The van der Waals surface area contributed by atoms with Crippen LogP contribution in [0, 0.1) is 0 Å². The van der Waals surface area contributed by atoms with Crippen molar-refractivity contribution in [3.63, 3.8) is 0 Å². The highest BCUT2D eigenvalue weighted by molar-refractivity contribution is 9.11. The molecule has 0 spiro atoms. The number of piperidine rings is 1. The monoisotopic (exact) mass is 416 g/mol. The summed E-state index contributed by atoms with van der Waals surface area (Å²) in [5, 5.41) is 0. The Kier molecular flexibility index (Phi) is 5.06. The highest BCUT2D eigenvalue weighted by Gasteiger charge is 2.32. The first-order valence-electron chi connectivity index (χ1n) is 8.83. The lowest BCUT2D eigenvalue weighted by Crippen LogP contribution is -2.39. The van der Waals surface area contributed by atoms with Crippen molar-refractivity contribution >= 4 is 50.5 Å². The van der Waals surface area contributed by atoms with Crippen molar-refractivity contribution in [3.05, 3.63) is 50.6 Å². The maximum absolute atomic E-state index is 13.1. The van der Waals surface area contributed by atoms with Crippen molar-refractivity contribution in [2.24, 2.45) is 0 Å². The minimum atomic E-state index is 0.128. The summed E-state index contributed by atoms with van der Waals surface area (Å²) in [7, 11) is 0. The number of rotatable bonds is 4. The van der Waals surface area contributed by atoms with E-state index in [9.17, 15) is 4.79 Å². The molecule has 130 valence electrons. The van der Waals surface area contributed by atoms with Gasteiger partial charge in [-0.25, -0.2) is 0 Å². The molecule has 0 radical (unpaired) electrons. The molecular formula is C20H21BrN2OS. The molecule has 1 amide bonds. The third-order valence-electron chi connectivity index (χ3n) is 4.93. The Morgan fingerprint density at radius 1 is 1.04 bits per heavy atom. The van der Waals surface area contributed by atoms with Gasteiger partial charge in [-0.15, -0.1) is 11.3 Å². The third kappa shape index (κ3) is 3.59. The molecule has 1 saturated heterocycles. The topological polar surface area (TPSA) is 23.6 Å². The van der Waals surface area contributed by atoms with Gasteiger partial charge in [-0.2, -0.15) is 0 Å². The lowest BCUT2D eigenvalue weighted by atomic mass is 10.1. The highest BCUT2D eigenvalue weighted by Crippen LogP contribution is 2.38. The van der Waals surface area contributed by atoms with E-state index < -0.39 is 0 Å². The molecule has 0 saturated carbocycles. The van der Waals surface area contributed by atoms with Crippen molar-refractivity contribution in [3.8, 4) is 0 Å². The zero-order chi connectivity index (χ0) is 17.2. The smallest absolute Gasteiger partial charge is 0.259 e. The van der Waals surface area contributed by atoms with Crippen LogP contribution in [0.15, 0.2) is 40.2 Å². The number of hydrogen-bond acceptors (Lipinski definition) is 3. The third-order valence-corrected chi connectivity index (χ3v) is 6.50. The Balaban J connectivity index is 1.58. The number of carbonyl (C=O) groups excluding carboxylic acids is 1. The van der Waals surface area contributed by atoms with Gasteiger partial charge in [0.1, 0.15) is 0 Å². The van der Waals surface area contributed by atoms with Crippen molar-refractivity contribution in [1.82, 2.24) is 4.90 Å². The van der Waals surface area contributed by atoms with E-state index in [1.807, 2.05) is 35.2 Å². The zero-order valence-electron chi connectivity index (χ0n) is 14.1. The van der Waals surface area contributed by atoms with Crippen LogP contribution in [0.1, 0.15) is 29.7 Å². The SMILES string of the molecule is O=C1/C(=C\c2ccc(Br)s2)c2ccccc2N1CCN1CCCCC1. The molecule has 5 heteroatoms. The Labute approximate surface area is 161 Å². The van der Waals surface area contributed by atoms with Gasteiger partial charge in [0.05, 0.1) is 15.0 Å². The number of likely N-dealkylation sites (tertiary alicyclic amines) is 1. The number of halogens is 1. The molecule has 0 bridgehead atoms. The highest BCUT2D eigenvalue weighted by atomic mass is 79.9. The molecule has 1 fully saturated rings. The summed E-state index contributed by atoms with van der Waals surface area (Å²) in [6.45, 7) is 4.05. The van der Waals surface area contributed by atoms with Gasteiger partial charge in [-0.3, -0.25) is 4.79 Å². The zero-order valence-corrected chi connectivity index (χ0v) is 16.5. The van der Waals surface area contributed by atoms with Gasteiger partial charge in [-0.1, -0.05) is 24.6 Å². The standard InChI is InChI=1S/C20H21BrN2OS/c21-19-9-8-15(25-19)14-17-16-6-2-3-7-18(16)23(20(17)24)13-12-22-10-4-1-5-11-22/h2-3,6-9,14H,1,4-5,10-13H2/b17-14-. The summed E-state index contributed by atoms with van der Waals surface area (Å²) in [5.41, 5.74) is 2.91. The number of carbonyl (C=O) groups is 1. The van der Waals surface area contributed by atoms with Crippen molar-refractivity contribution in [2.75, 3.05) is 31.1 Å². The molecule has 0 N–H and O–H groups in total. The van der Waals surface area contributed by atoms with Gasteiger partial charge in [0.2, 0.25) is 0 Å². The molecule has 0 atom stereocenters. The molecule has 0 aliphatic carbocycles.